The molecule has 2 aliphatic rings. The van der Waals surface area contributed by atoms with E-state index in [0.29, 0.717) is 12.8 Å². The molecule has 1 aliphatic heterocycles. The fraction of sp³-hybridized carbons (Fsp3) is 0.737. The number of ether oxygens (including phenoxy) is 1. The summed E-state index contributed by atoms with van der Waals surface area (Å²) in [5.74, 6) is -2.88. The Labute approximate surface area is 159 Å². The summed E-state index contributed by atoms with van der Waals surface area (Å²) in [4.78, 5) is 50.3. The standard InChI is InChI=1S/C19H27N3O5/c1-11(2)19(4,10-20)21-15(23)9-27-18(26)12(3)22-16(24)13-7-5-6-8-14(13)17(22)25/h11-14H,5-9H2,1-4H3,(H,21,23)/t12-,13-,14-,19+/m0/s1. The predicted molar refractivity (Wildman–Crippen MR) is 94.7 cm³/mol. The van der Waals surface area contributed by atoms with Gasteiger partial charge in [-0.05, 0) is 32.6 Å². The smallest absolute Gasteiger partial charge is 0.329 e. The van der Waals surface area contributed by atoms with Crippen LogP contribution in [-0.2, 0) is 23.9 Å². The number of hydrogen-bond donors (Lipinski definition) is 1. The van der Waals surface area contributed by atoms with Crippen molar-refractivity contribution in [1.82, 2.24) is 10.2 Å². The molecule has 1 N–H and O–H groups in total. The molecule has 0 radical (unpaired) electrons. The van der Waals surface area contributed by atoms with Gasteiger partial charge >= 0.3 is 5.97 Å². The highest BCUT2D eigenvalue weighted by Gasteiger charge is 2.51. The molecule has 8 nitrogen and oxygen atoms in total. The molecule has 4 atom stereocenters. The van der Waals surface area contributed by atoms with Gasteiger partial charge < -0.3 is 10.1 Å². The molecule has 1 aliphatic carbocycles. The summed E-state index contributed by atoms with van der Waals surface area (Å²) >= 11 is 0. The van der Waals surface area contributed by atoms with Crippen LogP contribution in [0.5, 0.6) is 0 Å². The zero-order valence-electron chi connectivity index (χ0n) is 16.3. The van der Waals surface area contributed by atoms with E-state index in [9.17, 15) is 24.4 Å². The summed E-state index contributed by atoms with van der Waals surface area (Å²) in [7, 11) is 0. The minimum absolute atomic E-state index is 0.135. The highest BCUT2D eigenvalue weighted by molar-refractivity contribution is 6.07. The second-order valence-electron chi connectivity index (χ2n) is 7.84. The molecule has 0 aromatic heterocycles. The van der Waals surface area contributed by atoms with Crippen LogP contribution < -0.4 is 5.32 Å². The summed E-state index contributed by atoms with van der Waals surface area (Å²) in [5, 5.41) is 11.8. The number of imide groups is 1. The normalized spacial score (nSPS) is 25.4. The summed E-state index contributed by atoms with van der Waals surface area (Å²) < 4.78 is 4.99. The molecule has 3 amide bonds. The van der Waals surface area contributed by atoms with Gasteiger partial charge in [-0.15, -0.1) is 0 Å². The van der Waals surface area contributed by atoms with Gasteiger partial charge in [0, 0.05) is 0 Å². The zero-order chi connectivity index (χ0) is 20.4. The number of carbonyl (C=O) groups is 4. The minimum Gasteiger partial charge on any atom is -0.454 e. The van der Waals surface area contributed by atoms with Gasteiger partial charge in [-0.1, -0.05) is 26.7 Å². The van der Waals surface area contributed by atoms with Crippen LogP contribution >= 0.6 is 0 Å². The van der Waals surface area contributed by atoms with Gasteiger partial charge in [-0.2, -0.15) is 5.26 Å². The Balaban J connectivity index is 1.94. The third-order valence-corrected chi connectivity index (χ3v) is 5.74. The molecule has 1 saturated heterocycles. The van der Waals surface area contributed by atoms with E-state index < -0.39 is 30.1 Å². The number of carbonyl (C=O) groups excluding carboxylic acids is 4. The van der Waals surface area contributed by atoms with Crippen LogP contribution in [0.4, 0.5) is 0 Å². The Bertz CT molecular complexity index is 659. The van der Waals surface area contributed by atoms with E-state index in [1.807, 2.05) is 6.07 Å². The Kier molecular flexibility index (Phi) is 6.24. The number of fused-ring (bicyclic) bond motifs is 1. The lowest BCUT2D eigenvalue weighted by Gasteiger charge is -2.27. The first-order valence-electron chi connectivity index (χ1n) is 9.38. The molecule has 0 bridgehead atoms. The van der Waals surface area contributed by atoms with Crippen molar-refractivity contribution in [2.75, 3.05) is 6.61 Å². The van der Waals surface area contributed by atoms with Crippen molar-refractivity contribution in [3.8, 4) is 6.07 Å². The lowest BCUT2D eigenvalue weighted by Crippen LogP contribution is -2.51. The lowest BCUT2D eigenvalue weighted by molar-refractivity contribution is -0.159. The van der Waals surface area contributed by atoms with Gasteiger partial charge in [0.1, 0.15) is 11.6 Å². The maximum Gasteiger partial charge on any atom is 0.329 e. The van der Waals surface area contributed by atoms with Crippen molar-refractivity contribution < 1.29 is 23.9 Å². The number of rotatable bonds is 6. The monoisotopic (exact) mass is 377 g/mol. The number of hydrogen-bond acceptors (Lipinski definition) is 6. The van der Waals surface area contributed by atoms with E-state index in [1.54, 1.807) is 20.8 Å². The van der Waals surface area contributed by atoms with Gasteiger partial charge in [-0.25, -0.2) is 4.79 Å². The van der Waals surface area contributed by atoms with Crippen LogP contribution in [-0.4, -0.2) is 46.8 Å². The molecule has 2 fully saturated rings. The molecule has 148 valence electrons. The summed E-state index contributed by atoms with van der Waals surface area (Å²) in [6, 6.07) is 0.961. The molecule has 8 heteroatoms. The van der Waals surface area contributed by atoms with Gasteiger partial charge in [0.15, 0.2) is 6.61 Å². The molecule has 0 aromatic rings. The van der Waals surface area contributed by atoms with E-state index in [2.05, 4.69) is 5.32 Å². The predicted octanol–water partition coefficient (Wildman–Crippen LogP) is 1.15. The number of nitrogens with one attached hydrogen (secondary N) is 1. The average molecular weight is 377 g/mol. The van der Waals surface area contributed by atoms with E-state index in [-0.39, 0.29) is 29.6 Å². The zero-order valence-corrected chi connectivity index (χ0v) is 16.3. The number of nitrogens with zero attached hydrogens (tertiary/aromatic N) is 2. The largest absolute Gasteiger partial charge is 0.454 e. The number of nitriles is 1. The second-order valence-corrected chi connectivity index (χ2v) is 7.84. The van der Waals surface area contributed by atoms with Gasteiger partial charge in [0.2, 0.25) is 11.8 Å². The maximum absolute atomic E-state index is 12.5. The lowest BCUT2D eigenvalue weighted by atomic mass is 9.81. The van der Waals surface area contributed by atoms with E-state index in [1.165, 1.54) is 6.92 Å². The molecular weight excluding hydrogens is 350 g/mol. The van der Waals surface area contributed by atoms with Crippen LogP contribution in [0.25, 0.3) is 0 Å². The van der Waals surface area contributed by atoms with E-state index >= 15 is 0 Å². The fourth-order valence-electron chi connectivity index (χ4n) is 3.56. The third kappa shape index (κ3) is 4.12. The first-order valence-corrected chi connectivity index (χ1v) is 9.38. The van der Waals surface area contributed by atoms with Gasteiger partial charge in [0.25, 0.3) is 5.91 Å². The SMILES string of the molecule is CC(C)[C@@](C)(C#N)NC(=O)COC(=O)[C@H](C)N1C(=O)[C@H]2CCCC[C@@H]2C1=O. The minimum atomic E-state index is -1.08. The van der Waals surface area contributed by atoms with E-state index in [0.717, 1.165) is 17.7 Å². The van der Waals surface area contributed by atoms with Crippen LogP contribution in [0.1, 0.15) is 53.4 Å². The summed E-state index contributed by atoms with van der Waals surface area (Å²) in [6.07, 6.45) is 3.14. The van der Waals surface area contributed by atoms with Crippen molar-refractivity contribution in [2.45, 2.75) is 65.0 Å². The fourth-order valence-corrected chi connectivity index (χ4v) is 3.56. The Morgan fingerprint density at radius 3 is 2.19 bits per heavy atom. The maximum atomic E-state index is 12.5. The van der Waals surface area contributed by atoms with Crippen LogP contribution in [0.2, 0.25) is 0 Å². The van der Waals surface area contributed by atoms with Crippen molar-refractivity contribution in [2.24, 2.45) is 17.8 Å². The molecule has 0 unspecified atom stereocenters. The topological polar surface area (TPSA) is 117 Å². The number of likely N-dealkylation sites (tertiary alicyclic amines) is 1. The van der Waals surface area contributed by atoms with Crippen molar-refractivity contribution >= 4 is 23.7 Å². The molecule has 0 spiro atoms. The number of amides is 3. The molecule has 27 heavy (non-hydrogen) atoms. The molecule has 2 rings (SSSR count). The van der Waals surface area contributed by atoms with Crippen molar-refractivity contribution in [1.29, 1.82) is 5.26 Å². The third-order valence-electron chi connectivity index (χ3n) is 5.74. The first-order chi connectivity index (χ1) is 12.6. The second kappa shape index (κ2) is 8.07. The average Bonchev–Trinajstić information content (AvgIpc) is 2.90. The van der Waals surface area contributed by atoms with Crippen molar-refractivity contribution in [3.05, 3.63) is 0 Å². The Morgan fingerprint density at radius 1 is 1.22 bits per heavy atom. The van der Waals surface area contributed by atoms with Crippen LogP contribution in [0.15, 0.2) is 0 Å². The molecular formula is C19H27N3O5. The van der Waals surface area contributed by atoms with Gasteiger partial charge in [0.05, 0.1) is 17.9 Å². The molecule has 1 saturated carbocycles. The van der Waals surface area contributed by atoms with Gasteiger partial charge in [-0.3, -0.25) is 19.3 Å². The van der Waals surface area contributed by atoms with Crippen molar-refractivity contribution in [3.63, 3.8) is 0 Å². The molecule has 0 aromatic carbocycles. The Morgan fingerprint density at radius 2 is 1.74 bits per heavy atom. The summed E-state index contributed by atoms with van der Waals surface area (Å²) in [6.45, 7) is 6.03. The summed E-state index contributed by atoms with van der Waals surface area (Å²) in [5.41, 5.74) is -1.08. The highest BCUT2D eigenvalue weighted by atomic mass is 16.5. The highest BCUT2D eigenvalue weighted by Crippen LogP contribution is 2.38. The Hall–Kier alpha value is -2.43. The van der Waals surface area contributed by atoms with E-state index in [4.69, 9.17) is 4.74 Å². The molecule has 1 heterocycles. The quantitative estimate of drug-likeness (QED) is 0.548. The van der Waals surface area contributed by atoms with Crippen LogP contribution in [0, 0.1) is 29.1 Å². The number of esters is 1. The first kappa shape index (κ1) is 20.9. The van der Waals surface area contributed by atoms with Crippen LogP contribution in [0.3, 0.4) is 0 Å².